The average Bonchev–Trinajstić information content (AvgIpc) is 3.08. The van der Waals surface area contributed by atoms with E-state index in [4.69, 9.17) is 4.74 Å². The smallest absolute Gasteiger partial charge is 0.296 e. The summed E-state index contributed by atoms with van der Waals surface area (Å²) in [5.41, 5.74) is 0.828. The van der Waals surface area contributed by atoms with Gasteiger partial charge >= 0.3 is 0 Å². The number of ketones is 1. The molecule has 0 saturated carbocycles. The summed E-state index contributed by atoms with van der Waals surface area (Å²) < 4.78 is 20.4. The van der Waals surface area contributed by atoms with Crippen molar-refractivity contribution in [2.45, 2.75) is 25.9 Å². The summed E-state index contributed by atoms with van der Waals surface area (Å²) in [5, 5.41) is 11.1. The zero-order chi connectivity index (χ0) is 23.4. The third-order valence-electron chi connectivity index (χ3n) is 5.40. The van der Waals surface area contributed by atoms with Crippen LogP contribution in [0.25, 0.3) is 5.76 Å². The second-order valence-corrected chi connectivity index (χ2v) is 7.64. The standard InChI is InChI=1S/C26H23FN2O4/c1-2-15-33-19-12-10-17(11-13-19)24(30)22-23(20-8-3-4-9-21(20)27)29(26(32)25(22)31)16-18-7-5-6-14-28-18/h3-14,23,30H,2,15-16H2,1H3/b24-22-. The van der Waals surface area contributed by atoms with Crippen LogP contribution in [0.2, 0.25) is 0 Å². The van der Waals surface area contributed by atoms with Crippen LogP contribution in [-0.2, 0) is 16.1 Å². The molecule has 1 fully saturated rings. The van der Waals surface area contributed by atoms with Crippen LogP contribution in [0.15, 0.2) is 78.5 Å². The van der Waals surface area contributed by atoms with Crippen LogP contribution in [-0.4, -0.2) is 33.3 Å². The summed E-state index contributed by atoms with van der Waals surface area (Å²) in [6, 6.07) is 16.6. The number of halogens is 1. The number of rotatable bonds is 7. The Morgan fingerprint density at radius 3 is 2.45 bits per heavy atom. The molecule has 7 heteroatoms. The molecule has 0 bridgehead atoms. The monoisotopic (exact) mass is 446 g/mol. The summed E-state index contributed by atoms with van der Waals surface area (Å²) in [4.78, 5) is 31.5. The van der Waals surface area contributed by atoms with E-state index in [0.29, 0.717) is 23.6 Å². The van der Waals surface area contributed by atoms with Crippen molar-refractivity contribution in [3.8, 4) is 5.75 Å². The highest BCUT2D eigenvalue weighted by atomic mass is 19.1. The zero-order valence-electron chi connectivity index (χ0n) is 18.1. The molecule has 2 aromatic carbocycles. The molecule has 33 heavy (non-hydrogen) atoms. The number of carbonyl (C=O) groups is 2. The van der Waals surface area contributed by atoms with Crippen molar-refractivity contribution in [1.29, 1.82) is 0 Å². The van der Waals surface area contributed by atoms with Gasteiger partial charge in [0.05, 0.1) is 30.5 Å². The first kappa shape index (κ1) is 22.2. The topological polar surface area (TPSA) is 79.7 Å². The van der Waals surface area contributed by atoms with Crippen molar-refractivity contribution in [1.82, 2.24) is 9.88 Å². The normalized spacial score (nSPS) is 17.4. The molecule has 1 N–H and O–H groups in total. The molecular formula is C26H23FN2O4. The van der Waals surface area contributed by atoms with E-state index in [1.54, 1.807) is 54.7 Å². The minimum absolute atomic E-state index is 0.00894. The van der Waals surface area contributed by atoms with Crippen LogP contribution in [0, 0.1) is 5.82 Å². The number of pyridine rings is 1. The molecule has 168 valence electrons. The number of Topliss-reactive ketones (excluding diaryl/α,β-unsaturated/α-hetero) is 1. The molecule has 1 amide bonds. The quantitative estimate of drug-likeness (QED) is 0.325. The Morgan fingerprint density at radius 2 is 1.79 bits per heavy atom. The molecule has 1 aromatic heterocycles. The van der Waals surface area contributed by atoms with E-state index < -0.39 is 23.5 Å². The molecule has 0 spiro atoms. The van der Waals surface area contributed by atoms with Gasteiger partial charge in [-0.2, -0.15) is 0 Å². The second kappa shape index (κ2) is 9.65. The van der Waals surface area contributed by atoms with Gasteiger partial charge in [-0.3, -0.25) is 14.6 Å². The summed E-state index contributed by atoms with van der Waals surface area (Å²) in [6.45, 7) is 2.54. The van der Waals surface area contributed by atoms with Crippen molar-refractivity contribution in [3.63, 3.8) is 0 Å². The van der Waals surface area contributed by atoms with Crippen molar-refractivity contribution >= 4 is 17.4 Å². The lowest BCUT2D eigenvalue weighted by atomic mass is 9.95. The van der Waals surface area contributed by atoms with E-state index in [1.807, 2.05) is 6.92 Å². The van der Waals surface area contributed by atoms with Crippen LogP contribution in [0.3, 0.4) is 0 Å². The van der Waals surface area contributed by atoms with Crippen LogP contribution < -0.4 is 4.74 Å². The van der Waals surface area contributed by atoms with Crippen molar-refractivity contribution in [3.05, 3.63) is 101 Å². The zero-order valence-corrected chi connectivity index (χ0v) is 18.1. The summed E-state index contributed by atoms with van der Waals surface area (Å²) in [5.74, 6) is -2.02. The van der Waals surface area contributed by atoms with Crippen LogP contribution in [0.4, 0.5) is 4.39 Å². The van der Waals surface area contributed by atoms with Gasteiger partial charge in [-0.1, -0.05) is 31.2 Å². The molecule has 1 saturated heterocycles. The van der Waals surface area contributed by atoms with Crippen molar-refractivity contribution in [2.24, 2.45) is 0 Å². The average molecular weight is 446 g/mol. The maximum Gasteiger partial charge on any atom is 0.296 e. The molecule has 1 aliphatic heterocycles. The highest BCUT2D eigenvalue weighted by molar-refractivity contribution is 6.46. The molecule has 0 radical (unpaired) electrons. The molecular weight excluding hydrogens is 423 g/mol. The van der Waals surface area contributed by atoms with Gasteiger partial charge in [-0.05, 0) is 48.9 Å². The van der Waals surface area contributed by atoms with Crippen LogP contribution in [0.5, 0.6) is 5.75 Å². The fourth-order valence-corrected chi connectivity index (χ4v) is 3.81. The van der Waals surface area contributed by atoms with E-state index in [-0.39, 0.29) is 23.4 Å². The summed E-state index contributed by atoms with van der Waals surface area (Å²) in [6.07, 6.45) is 2.43. The third-order valence-corrected chi connectivity index (χ3v) is 5.40. The molecule has 3 aromatic rings. The lowest BCUT2D eigenvalue weighted by molar-refractivity contribution is -0.140. The first-order valence-electron chi connectivity index (χ1n) is 10.7. The second-order valence-electron chi connectivity index (χ2n) is 7.64. The predicted octanol–water partition coefficient (Wildman–Crippen LogP) is 4.63. The molecule has 0 aliphatic carbocycles. The SMILES string of the molecule is CCCOc1ccc(/C(O)=C2/C(=O)C(=O)N(Cc3ccccn3)C2c2ccccc2F)cc1. The maximum absolute atomic E-state index is 14.8. The van der Waals surface area contributed by atoms with E-state index in [0.717, 1.165) is 6.42 Å². The molecule has 2 heterocycles. The first-order chi connectivity index (χ1) is 16.0. The number of benzene rings is 2. The minimum Gasteiger partial charge on any atom is -0.507 e. The Labute approximate surface area is 191 Å². The minimum atomic E-state index is -1.09. The number of carbonyl (C=O) groups excluding carboxylic acids is 2. The Balaban J connectivity index is 1.80. The Hall–Kier alpha value is -4.00. The number of hydrogen-bond donors (Lipinski definition) is 1. The number of amides is 1. The Morgan fingerprint density at radius 1 is 1.06 bits per heavy atom. The Bertz CT molecular complexity index is 1190. The molecule has 6 nitrogen and oxygen atoms in total. The lowest BCUT2D eigenvalue weighted by Gasteiger charge is -2.25. The number of ether oxygens (including phenoxy) is 1. The molecule has 1 atom stereocenters. The number of aliphatic hydroxyl groups excluding tert-OH is 1. The number of hydrogen-bond acceptors (Lipinski definition) is 5. The fraction of sp³-hybridized carbons (Fsp3) is 0.192. The highest BCUT2D eigenvalue weighted by Gasteiger charge is 2.47. The number of likely N-dealkylation sites (tertiary alicyclic amines) is 1. The van der Waals surface area contributed by atoms with Gasteiger partial charge in [0.25, 0.3) is 11.7 Å². The van der Waals surface area contributed by atoms with Gasteiger partial charge in [-0.15, -0.1) is 0 Å². The predicted molar refractivity (Wildman–Crippen MR) is 121 cm³/mol. The van der Waals surface area contributed by atoms with Gasteiger partial charge in [0.15, 0.2) is 0 Å². The van der Waals surface area contributed by atoms with E-state index in [2.05, 4.69) is 4.98 Å². The molecule has 1 unspecified atom stereocenters. The highest BCUT2D eigenvalue weighted by Crippen LogP contribution is 2.41. The van der Waals surface area contributed by atoms with Gasteiger partial charge < -0.3 is 14.7 Å². The van der Waals surface area contributed by atoms with Gasteiger partial charge in [0, 0.05) is 17.3 Å². The summed E-state index contributed by atoms with van der Waals surface area (Å²) >= 11 is 0. The van der Waals surface area contributed by atoms with Gasteiger partial charge in [0.2, 0.25) is 0 Å². The van der Waals surface area contributed by atoms with Gasteiger partial charge in [0.1, 0.15) is 17.3 Å². The van der Waals surface area contributed by atoms with E-state index in [9.17, 15) is 19.1 Å². The van der Waals surface area contributed by atoms with E-state index >= 15 is 0 Å². The third kappa shape index (κ3) is 4.48. The van der Waals surface area contributed by atoms with Crippen molar-refractivity contribution in [2.75, 3.05) is 6.61 Å². The van der Waals surface area contributed by atoms with Gasteiger partial charge in [-0.25, -0.2) is 4.39 Å². The fourth-order valence-electron chi connectivity index (χ4n) is 3.81. The van der Waals surface area contributed by atoms with Crippen molar-refractivity contribution < 1.29 is 23.8 Å². The Kier molecular flexibility index (Phi) is 6.49. The maximum atomic E-state index is 14.8. The number of nitrogens with zero attached hydrogens (tertiary/aromatic N) is 2. The first-order valence-corrected chi connectivity index (χ1v) is 10.7. The number of aliphatic hydroxyl groups is 1. The molecule has 4 rings (SSSR count). The van der Waals surface area contributed by atoms with Crippen LogP contribution in [0.1, 0.15) is 36.2 Å². The number of aromatic nitrogens is 1. The van der Waals surface area contributed by atoms with Crippen LogP contribution >= 0.6 is 0 Å². The largest absolute Gasteiger partial charge is 0.507 e. The summed E-state index contributed by atoms with van der Waals surface area (Å²) in [7, 11) is 0. The van der Waals surface area contributed by atoms with E-state index in [1.165, 1.54) is 23.1 Å². The lowest BCUT2D eigenvalue weighted by Crippen LogP contribution is -2.30. The molecule has 1 aliphatic rings.